The van der Waals surface area contributed by atoms with Crippen LogP contribution in [-0.2, 0) is 0 Å². The topological polar surface area (TPSA) is 89.2 Å². The molecule has 7 nitrogen and oxygen atoms in total. The molecule has 0 aliphatic rings. The molecule has 19 heavy (non-hydrogen) atoms. The van der Waals surface area contributed by atoms with Crippen molar-refractivity contribution in [3.8, 4) is 6.01 Å². The maximum absolute atomic E-state index is 5.56. The summed E-state index contributed by atoms with van der Waals surface area (Å²) >= 11 is 0. The molecule has 2 aromatic rings. The summed E-state index contributed by atoms with van der Waals surface area (Å²) in [6, 6.07) is 8.03. The first-order valence-electron chi connectivity index (χ1n) is 5.68. The van der Waals surface area contributed by atoms with E-state index in [0.717, 1.165) is 11.4 Å². The number of nitrogen functional groups attached to an aromatic ring is 1. The maximum atomic E-state index is 5.56. The van der Waals surface area contributed by atoms with Crippen molar-refractivity contribution >= 4 is 23.3 Å². The van der Waals surface area contributed by atoms with Gasteiger partial charge in [0.15, 0.2) is 0 Å². The number of ether oxygens (including phenoxy) is 1. The molecule has 0 fully saturated rings. The molecule has 1 aromatic carbocycles. The van der Waals surface area contributed by atoms with Crippen LogP contribution in [0.2, 0.25) is 0 Å². The average Bonchev–Trinajstić information content (AvgIpc) is 2.38. The standard InChI is InChI=1S/C12H16N6O/c1-18(2)9-6-4-8(5-7-9)14-11-15-10(13)16-12(17-11)19-3/h4-7H,1-3H3,(H3,13,14,15,16,17). The Labute approximate surface area is 111 Å². The van der Waals surface area contributed by atoms with Crippen LogP contribution >= 0.6 is 0 Å². The minimum absolute atomic E-state index is 0.110. The van der Waals surface area contributed by atoms with Crippen molar-refractivity contribution < 1.29 is 4.74 Å². The fourth-order valence-corrected chi connectivity index (χ4v) is 1.49. The number of nitrogens with zero attached hydrogens (tertiary/aromatic N) is 4. The molecule has 0 atom stereocenters. The van der Waals surface area contributed by atoms with E-state index in [1.807, 2.05) is 43.3 Å². The van der Waals surface area contributed by atoms with Crippen molar-refractivity contribution in [1.29, 1.82) is 0 Å². The lowest BCUT2D eigenvalue weighted by Crippen LogP contribution is -2.08. The van der Waals surface area contributed by atoms with Crippen LogP contribution in [0.1, 0.15) is 0 Å². The molecular formula is C12H16N6O. The van der Waals surface area contributed by atoms with Gasteiger partial charge in [0.1, 0.15) is 0 Å². The monoisotopic (exact) mass is 260 g/mol. The maximum Gasteiger partial charge on any atom is 0.322 e. The van der Waals surface area contributed by atoms with E-state index in [-0.39, 0.29) is 12.0 Å². The van der Waals surface area contributed by atoms with Gasteiger partial charge in [-0.25, -0.2) is 0 Å². The van der Waals surface area contributed by atoms with Gasteiger partial charge in [-0.05, 0) is 24.3 Å². The molecule has 0 saturated carbocycles. The Bertz CT molecular complexity index is 555. The van der Waals surface area contributed by atoms with Gasteiger partial charge in [0.2, 0.25) is 11.9 Å². The number of anilines is 4. The first-order chi connectivity index (χ1) is 9.08. The normalized spacial score (nSPS) is 10.1. The second-order valence-electron chi connectivity index (χ2n) is 4.07. The first-order valence-corrected chi connectivity index (χ1v) is 5.68. The second-order valence-corrected chi connectivity index (χ2v) is 4.07. The van der Waals surface area contributed by atoms with Crippen molar-refractivity contribution in [2.75, 3.05) is 37.2 Å². The number of aromatic nitrogens is 3. The van der Waals surface area contributed by atoms with Gasteiger partial charge in [-0.2, -0.15) is 15.0 Å². The number of hydrogen-bond acceptors (Lipinski definition) is 7. The summed E-state index contributed by atoms with van der Waals surface area (Å²) in [5.41, 5.74) is 7.53. The van der Waals surface area contributed by atoms with Gasteiger partial charge in [0.05, 0.1) is 7.11 Å². The zero-order valence-corrected chi connectivity index (χ0v) is 11.1. The number of nitrogens with two attached hydrogens (primary N) is 1. The first kappa shape index (κ1) is 12.9. The molecule has 0 saturated heterocycles. The molecule has 1 heterocycles. The highest BCUT2D eigenvalue weighted by molar-refractivity contribution is 5.59. The van der Waals surface area contributed by atoms with Crippen LogP contribution in [0.5, 0.6) is 6.01 Å². The second kappa shape index (κ2) is 5.38. The van der Waals surface area contributed by atoms with Gasteiger partial charge < -0.3 is 20.7 Å². The highest BCUT2D eigenvalue weighted by atomic mass is 16.5. The molecule has 3 N–H and O–H groups in total. The molecule has 0 radical (unpaired) electrons. The van der Waals surface area contributed by atoms with Crippen LogP contribution in [0.15, 0.2) is 24.3 Å². The van der Waals surface area contributed by atoms with E-state index in [9.17, 15) is 0 Å². The summed E-state index contributed by atoms with van der Waals surface area (Å²) in [6.45, 7) is 0. The Balaban J connectivity index is 2.18. The predicted octanol–water partition coefficient (Wildman–Crippen LogP) is 1.27. The van der Waals surface area contributed by atoms with Crippen LogP contribution in [0, 0.1) is 0 Å². The molecule has 0 spiro atoms. The number of benzene rings is 1. The van der Waals surface area contributed by atoms with E-state index in [1.165, 1.54) is 7.11 Å². The van der Waals surface area contributed by atoms with Gasteiger partial charge in [-0.3, -0.25) is 0 Å². The molecule has 1 aromatic heterocycles. The van der Waals surface area contributed by atoms with Crippen molar-refractivity contribution in [1.82, 2.24) is 15.0 Å². The molecule has 0 bridgehead atoms. The predicted molar refractivity (Wildman–Crippen MR) is 74.8 cm³/mol. The third-order valence-electron chi connectivity index (χ3n) is 2.45. The molecular weight excluding hydrogens is 244 g/mol. The minimum Gasteiger partial charge on any atom is -0.467 e. The molecule has 2 rings (SSSR count). The van der Waals surface area contributed by atoms with Crippen LogP contribution < -0.4 is 20.7 Å². The highest BCUT2D eigenvalue weighted by Gasteiger charge is 2.05. The quantitative estimate of drug-likeness (QED) is 0.855. The Morgan fingerprint density at radius 3 is 2.37 bits per heavy atom. The largest absolute Gasteiger partial charge is 0.467 e. The van der Waals surface area contributed by atoms with E-state index in [1.54, 1.807) is 0 Å². The average molecular weight is 260 g/mol. The fourth-order valence-electron chi connectivity index (χ4n) is 1.49. The molecule has 0 unspecified atom stereocenters. The summed E-state index contributed by atoms with van der Waals surface area (Å²) < 4.78 is 4.94. The Hall–Kier alpha value is -2.57. The number of nitrogens with one attached hydrogen (secondary N) is 1. The van der Waals surface area contributed by atoms with Crippen LogP contribution in [-0.4, -0.2) is 36.2 Å². The van der Waals surface area contributed by atoms with Gasteiger partial charge in [-0.1, -0.05) is 0 Å². The van der Waals surface area contributed by atoms with E-state index < -0.39 is 0 Å². The molecule has 0 amide bonds. The third kappa shape index (κ3) is 3.21. The lowest BCUT2D eigenvalue weighted by Gasteiger charge is -2.13. The van der Waals surface area contributed by atoms with Crippen LogP contribution in [0.25, 0.3) is 0 Å². The van der Waals surface area contributed by atoms with Crippen LogP contribution in [0.4, 0.5) is 23.3 Å². The van der Waals surface area contributed by atoms with Crippen molar-refractivity contribution in [3.05, 3.63) is 24.3 Å². The summed E-state index contributed by atoms with van der Waals surface area (Å²) in [7, 11) is 5.45. The van der Waals surface area contributed by atoms with Crippen molar-refractivity contribution in [2.24, 2.45) is 0 Å². The van der Waals surface area contributed by atoms with Gasteiger partial charge in [0, 0.05) is 25.5 Å². The Morgan fingerprint density at radius 1 is 1.11 bits per heavy atom. The van der Waals surface area contributed by atoms with Crippen molar-refractivity contribution in [3.63, 3.8) is 0 Å². The third-order valence-corrected chi connectivity index (χ3v) is 2.45. The number of hydrogen-bond donors (Lipinski definition) is 2. The van der Waals surface area contributed by atoms with E-state index in [2.05, 4.69) is 20.3 Å². The van der Waals surface area contributed by atoms with Gasteiger partial charge in [0.25, 0.3) is 0 Å². The Kier molecular flexibility index (Phi) is 3.65. The molecule has 100 valence electrons. The Morgan fingerprint density at radius 2 is 1.79 bits per heavy atom. The lowest BCUT2D eigenvalue weighted by atomic mass is 10.2. The van der Waals surface area contributed by atoms with E-state index >= 15 is 0 Å². The summed E-state index contributed by atoms with van der Waals surface area (Å²) in [5.74, 6) is 0.459. The zero-order chi connectivity index (χ0) is 13.8. The highest BCUT2D eigenvalue weighted by Crippen LogP contribution is 2.19. The summed E-state index contributed by atoms with van der Waals surface area (Å²) in [6.07, 6.45) is 0. The molecule has 0 aliphatic carbocycles. The van der Waals surface area contributed by atoms with E-state index in [0.29, 0.717) is 5.95 Å². The zero-order valence-electron chi connectivity index (χ0n) is 11.1. The van der Waals surface area contributed by atoms with Gasteiger partial charge in [-0.15, -0.1) is 0 Å². The molecule has 0 aliphatic heterocycles. The summed E-state index contributed by atoms with van der Waals surface area (Å²) in [4.78, 5) is 13.9. The number of rotatable bonds is 4. The lowest BCUT2D eigenvalue weighted by molar-refractivity contribution is 0.380. The van der Waals surface area contributed by atoms with E-state index in [4.69, 9.17) is 10.5 Å². The summed E-state index contributed by atoms with van der Waals surface area (Å²) in [5, 5.41) is 3.04. The van der Waals surface area contributed by atoms with Crippen molar-refractivity contribution in [2.45, 2.75) is 0 Å². The minimum atomic E-state index is 0.110. The number of methoxy groups -OCH3 is 1. The van der Waals surface area contributed by atoms with Crippen LogP contribution in [0.3, 0.4) is 0 Å². The van der Waals surface area contributed by atoms with Gasteiger partial charge >= 0.3 is 6.01 Å². The molecule has 7 heteroatoms. The fraction of sp³-hybridized carbons (Fsp3) is 0.250. The SMILES string of the molecule is COc1nc(N)nc(Nc2ccc(N(C)C)cc2)n1. The smallest absolute Gasteiger partial charge is 0.322 e.